The van der Waals surface area contributed by atoms with E-state index < -0.39 is 18.5 Å². The highest BCUT2D eigenvalue weighted by atomic mass is 16.5. The fourth-order valence-corrected chi connectivity index (χ4v) is 3.00. The van der Waals surface area contributed by atoms with E-state index in [4.69, 9.17) is 4.74 Å². The summed E-state index contributed by atoms with van der Waals surface area (Å²) in [4.78, 5) is 37.7. The molecular weight excluding hydrogens is 378 g/mol. The Bertz CT molecular complexity index is 1100. The minimum absolute atomic E-state index is 0.127. The van der Waals surface area contributed by atoms with E-state index in [9.17, 15) is 14.4 Å². The predicted molar refractivity (Wildman–Crippen MR) is 116 cm³/mol. The molecule has 0 atom stereocenters. The van der Waals surface area contributed by atoms with Crippen LogP contribution in [-0.4, -0.2) is 24.3 Å². The van der Waals surface area contributed by atoms with Crippen LogP contribution >= 0.6 is 0 Å². The zero-order valence-electron chi connectivity index (χ0n) is 17.2. The second-order valence-corrected chi connectivity index (χ2v) is 7.11. The summed E-state index contributed by atoms with van der Waals surface area (Å²) in [7, 11) is 0. The third kappa shape index (κ3) is 4.81. The summed E-state index contributed by atoms with van der Waals surface area (Å²) < 4.78 is 5.17. The van der Waals surface area contributed by atoms with E-state index in [2.05, 4.69) is 5.32 Å². The Kier molecular flexibility index (Phi) is 6.42. The first kappa shape index (κ1) is 21.0. The number of carbonyl (C=O) groups is 3. The summed E-state index contributed by atoms with van der Waals surface area (Å²) >= 11 is 0. The van der Waals surface area contributed by atoms with Gasteiger partial charge in [0, 0.05) is 16.8 Å². The zero-order valence-corrected chi connectivity index (χ0v) is 17.2. The summed E-state index contributed by atoms with van der Waals surface area (Å²) in [6.45, 7) is 5.35. The van der Waals surface area contributed by atoms with Crippen LogP contribution < -0.4 is 5.32 Å². The minimum atomic E-state index is -0.720. The van der Waals surface area contributed by atoms with Crippen LogP contribution in [0.25, 0.3) is 0 Å². The number of ketones is 1. The largest absolute Gasteiger partial charge is 0.452 e. The third-order valence-electron chi connectivity index (χ3n) is 4.92. The number of rotatable bonds is 6. The first-order chi connectivity index (χ1) is 14.4. The van der Waals surface area contributed by atoms with Gasteiger partial charge in [-0.2, -0.15) is 0 Å². The van der Waals surface area contributed by atoms with Crippen molar-refractivity contribution in [1.29, 1.82) is 0 Å². The average molecular weight is 401 g/mol. The van der Waals surface area contributed by atoms with Gasteiger partial charge >= 0.3 is 5.97 Å². The highest BCUT2D eigenvalue weighted by Gasteiger charge is 2.20. The summed E-state index contributed by atoms with van der Waals surface area (Å²) in [6, 6.07) is 19.1. The summed E-state index contributed by atoms with van der Waals surface area (Å²) in [5, 5.41) is 2.74. The summed E-state index contributed by atoms with van der Waals surface area (Å²) in [6.07, 6.45) is 0. The Labute approximate surface area is 175 Å². The number of aryl methyl sites for hydroxylation is 2. The quantitative estimate of drug-likeness (QED) is 0.482. The molecule has 0 aliphatic rings. The molecular formula is C25H23NO4. The molecule has 3 aromatic carbocycles. The molecule has 0 aromatic heterocycles. The molecule has 0 saturated carbocycles. The number of anilines is 1. The lowest BCUT2D eigenvalue weighted by molar-refractivity contribution is -0.119. The van der Waals surface area contributed by atoms with Gasteiger partial charge in [0.25, 0.3) is 5.91 Å². The molecule has 3 aromatic rings. The highest BCUT2D eigenvalue weighted by Crippen LogP contribution is 2.19. The monoisotopic (exact) mass is 401 g/mol. The van der Waals surface area contributed by atoms with Gasteiger partial charge in [-0.25, -0.2) is 4.79 Å². The number of ether oxygens (including phenoxy) is 1. The Hall–Kier alpha value is -3.73. The molecule has 0 fully saturated rings. The van der Waals surface area contributed by atoms with E-state index in [0.717, 1.165) is 16.7 Å². The van der Waals surface area contributed by atoms with Crippen LogP contribution in [0.1, 0.15) is 43.0 Å². The van der Waals surface area contributed by atoms with Crippen LogP contribution in [0.15, 0.2) is 66.7 Å². The van der Waals surface area contributed by atoms with Crippen LogP contribution in [-0.2, 0) is 9.53 Å². The molecule has 152 valence electrons. The maximum absolute atomic E-state index is 12.8. The molecule has 0 aliphatic heterocycles. The molecule has 0 unspecified atom stereocenters. The third-order valence-corrected chi connectivity index (χ3v) is 4.92. The maximum Gasteiger partial charge on any atom is 0.339 e. The number of carbonyl (C=O) groups excluding carboxylic acids is 3. The van der Waals surface area contributed by atoms with Crippen molar-refractivity contribution in [2.45, 2.75) is 20.8 Å². The maximum atomic E-state index is 12.8. The molecule has 0 spiro atoms. The Morgan fingerprint density at radius 2 is 1.47 bits per heavy atom. The lowest BCUT2D eigenvalue weighted by Gasteiger charge is -2.12. The Morgan fingerprint density at radius 1 is 0.800 bits per heavy atom. The van der Waals surface area contributed by atoms with Crippen molar-refractivity contribution in [3.05, 3.63) is 100 Å². The molecule has 0 radical (unpaired) electrons. The van der Waals surface area contributed by atoms with Crippen molar-refractivity contribution < 1.29 is 19.1 Å². The van der Waals surface area contributed by atoms with E-state index in [-0.39, 0.29) is 16.9 Å². The van der Waals surface area contributed by atoms with Gasteiger partial charge in [-0.05, 0) is 44.0 Å². The molecule has 0 aliphatic carbocycles. The first-order valence-corrected chi connectivity index (χ1v) is 9.60. The second kappa shape index (κ2) is 9.18. The topological polar surface area (TPSA) is 72.5 Å². The van der Waals surface area contributed by atoms with Crippen molar-refractivity contribution in [3.63, 3.8) is 0 Å². The number of hydrogen-bond acceptors (Lipinski definition) is 4. The van der Waals surface area contributed by atoms with Gasteiger partial charge in [-0.15, -0.1) is 0 Å². The van der Waals surface area contributed by atoms with Crippen LogP contribution in [0.3, 0.4) is 0 Å². The summed E-state index contributed by atoms with van der Waals surface area (Å²) in [5.74, 6) is -1.44. The molecule has 1 amide bonds. The van der Waals surface area contributed by atoms with Crippen molar-refractivity contribution in [1.82, 2.24) is 0 Å². The predicted octanol–water partition coefficient (Wildman–Crippen LogP) is 4.64. The fourth-order valence-electron chi connectivity index (χ4n) is 3.00. The van der Waals surface area contributed by atoms with Crippen LogP contribution in [0.4, 0.5) is 5.69 Å². The van der Waals surface area contributed by atoms with Crippen LogP contribution in [0.5, 0.6) is 0 Å². The number of benzene rings is 3. The number of amides is 1. The van der Waals surface area contributed by atoms with Gasteiger partial charge in [0.1, 0.15) is 0 Å². The van der Waals surface area contributed by atoms with Crippen LogP contribution in [0, 0.1) is 20.8 Å². The van der Waals surface area contributed by atoms with Gasteiger partial charge in [0.2, 0.25) is 0 Å². The number of esters is 1. The molecule has 0 saturated heterocycles. The standard InChI is InChI=1S/C25H23NO4/c1-16-11-13-19(14-12-16)24(28)20-8-4-5-9-21(20)25(29)30-15-23(27)26-22-10-6-7-17(2)18(22)3/h4-14H,15H2,1-3H3,(H,26,27). The Balaban J connectivity index is 1.70. The van der Waals surface area contributed by atoms with E-state index in [1.807, 2.05) is 45.0 Å². The fraction of sp³-hybridized carbons (Fsp3) is 0.160. The van der Waals surface area contributed by atoms with E-state index >= 15 is 0 Å². The van der Waals surface area contributed by atoms with Crippen molar-refractivity contribution in [2.24, 2.45) is 0 Å². The van der Waals surface area contributed by atoms with Gasteiger partial charge in [-0.1, -0.05) is 60.2 Å². The molecule has 5 heteroatoms. The zero-order chi connectivity index (χ0) is 21.7. The van der Waals surface area contributed by atoms with Crippen molar-refractivity contribution >= 4 is 23.3 Å². The molecule has 30 heavy (non-hydrogen) atoms. The molecule has 0 heterocycles. The van der Waals surface area contributed by atoms with E-state index in [1.165, 1.54) is 6.07 Å². The van der Waals surface area contributed by atoms with Gasteiger partial charge in [-0.3, -0.25) is 9.59 Å². The smallest absolute Gasteiger partial charge is 0.339 e. The number of nitrogens with one attached hydrogen (secondary N) is 1. The van der Waals surface area contributed by atoms with Crippen LogP contribution in [0.2, 0.25) is 0 Å². The van der Waals surface area contributed by atoms with Crippen molar-refractivity contribution in [3.8, 4) is 0 Å². The van der Waals surface area contributed by atoms with Gasteiger partial charge < -0.3 is 10.1 Å². The molecule has 3 rings (SSSR count). The van der Waals surface area contributed by atoms with E-state index in [1.54, 1.807) is 36.4 Å². The normalized spacial score (nSPS) is 10.4. The lowest BCUT2D eigenvalue weighted by atomic mass is 9.98. The second-order valence-electron chi connectivity index (χ2n) is 7.11. The molecule has 0 bridgehead atoms. The van der Waals surface area contributed by atoms with Gasteiger partial charge in [0.15, 0.2) is 12.4 Å². The van der Waals surface area contributed by atoms with E-state index in [0.29, 0.717) is 11.3 Å². The number of hydrogen-bond donors (Lipinski definition) is 1. The molecule has 1 N–H and O–H groups in total. The minimum Gasteiger partial charge on any atom is -0.452 e. The van der Waals surface area contributed by atoms with Crippen molar-refractivity contribution in [2.75, 3.05) is 11.9 Å². The van der Waals surface area contributed by atoms with Gasteiger partial charge in [0.05, 0.1) is 5.56 Å². The lowest BCUT2D eigenvalue weighted by Crippen LogP contribution is -2.22. The first-order valence-electron chi connectivity index (χ1n) is 9.60. The highest BCUT2D eigenvalue weighted by molar-refractivity contribution is 6.14. The SMILES string of the molecule is Cc1ccc(C(=O)c2ccccc2C(=O)OCC(=O)Nc2cccc(C)c2C)cc1. The average Bonchev–Trinajstić information content (AvgIpc) is 2.75. The summed E-state index contributed by atoms with van der Waals surface area (Å²) in [5.41, 5.74) is 4.55. The Morgan fingerprint density at radius 3 is 2.17 bits per heavy atom. The molecule has 5 nitrogen and oxygen atoms in total.